The van der Waals surface area contributed by atoms with E-state index in [1.807, 2.05) is 30.3 Å². The highest BCUT2D eigenvalue weighted by atomic mass is 16.1. The molecule has 0 aromatic heterocycles. The molecule has 0 radical (unpaired) electrons. The molecule has 2 nitrogen and oxygen atoms in total. The zero-order valence-electron chi connectivity index (χ0n) is 13.2. The van der Waals surface area contributed by atoms with Crippen molar-refractivity contribution in [2.75, 3.05) is 0 Å². The van der Waals surface area contributed by atoms with Crippen molar-refractivity contribution in [2.45, 2.75) is 65.7 Å². The fourth-order valence-corrected chi connectivity index (χ4v) is 1.77. The van der Waals surface area contributed by atoms with Crippen LogP contribution in [0.1, 0.15) is 64.9 Å². The smallest absolute Gasteiger partial charge is 0.130 e. The maximum absolute atomic E-state index is 10.6. The van der Waals surface area contributed by atoms with E-state index in [1.165, 1.54) is 24.8 Å². The van der Waals surface area contributed by atoms with Crippen molar-refractivity contribution in [3.05, 3.63) is 35.9 Å². The van der Waals surface area contributed by atoms with E-state index in [0.717, 1.165) is 19.3 Å². The van der Waals surface area contributed by atoms with Gasteiger partial charge in [-0.1, -0.05) is 56.5 Å². The molecule has 0 amide bonds. The SMILES string of the molecule is CC(=O)CCc1ccccc1.CCCCCCC(C)=O. The van der Waals surface area contributed by atoms with Crippen LogP contribution in [-0.4, -0.2) is 11.6 Å². The Bertz CT molecular complexity index is 368. The first-order valence-electron chi connectivity index (χ1n) is 7.59. The van der Waals surface area contributed by atoms with Gasteiger partial charge in [0.2, 0.25) is 0 Å². The summed E-state index contributed by atoms with van der Waals surface area (Å²) in [5.74, 6) is 0.583. The van der Waals surface area contributed by atoms with Crippen LogP contribution in [-0.2, 0) is 16.0 Å². The third-order valence-electron chi connectivity index (χ3n) is 2.99. The summed E-state index contributed by atoms with van der Waals surface area (Å²) in [4.78, 5) is 21.0. The van der Waals surface area contributed by atoms with Crippen molar-refractivity contribution in [1.29, 1.82) is 0 Å². The van der Waals surface area contributed by atoms with Crippen LogP contribution < -0.4 is 0 Å². The van der Waals surface area contributed by atoms with E-state index >= 15 is 0 Å². The molecule has 0 aliphatic rings. The maximum atomic E-state index is 10.6. The van der Waals surface area contributed by atoms with Crippen LogP contribution in [0.3, 0.4) is 0 Å². The van der Waals surface area contributed by atoms with Crippen molar-refractivity contribution in [1.82, 2.24) is 0 Å². The summed E-state index contributed by atoms with van der Waals surface area (Å²) >= 11 is 0. The number of hydrogen-bond donors (Lipinski definition) is 0. The molecular formula is C18H28O2. The van der Waals surface area contributed by atoms with Gasteiger partial charge in [0, 0.05) is 12.8 Å². The summed E-state index contributed by atoms with van der Waals surface area (Å²) in [6.07, 6.45) is 7.13. The molecular weight excluding hydrogens is 248 g/mol. The van der Waals surface area contributed by atoms with Gasteiger partial charge in [0.15, 0.2) is 0 Å². The zero-order chi connectivity index (χ0) is 15.2. The average Bonchev–Trinajstić information content (AvgIpc) is 2.43. The lowest BCUT2D eigenvalue weighted by molar-refractivity contribution is -0.117. The first-order chi connectivity index (χ1) is 9.56. The number of benzene rings is 1. The van der Waals surface area contributed by atoms with Gasteiger partial charge in [0.05, 0.1) is 0 Å². The van der Waals surface area contributed by atoms with Gasteiger partial charge < -0.3 is 9.59 Å². The van der Waals surface area contributed by atoms with Crippen LogP contribution in [0.2, 0.25) is 0 Å². The largest absolute Gasteiger partial charge is 0.300 e. The molecule has 0 aliphatic carbocycles. The molecule has 0 saturated carbocycles. The van der Waals surface area contributed by atoms with Crippen LogP contribution in [0.4, 0.5) is 0 Å². The van der Waals surface area contributed by atoms with Crippen LogP contribution in [0.15, 0.2) is 30.3 Å². The van der Waals surface area contributed by atoms with Gasteiger partial charge in [0.1, 0.15) is 11.6 Å². The third-order valence-corrected chi connectivity index (χ3v) is 2.99. The molecule has 2 heteroatoms. The van der Waals surface area contributed by atoms with E-state index in [0.29, 0.717) is 12.2 Å². The van der Waals surface area contributed by atoms with E-state index < -0.39 is 0 Å². The number of carbonyl (C=O) groups is 2. The Morgan fingerprint density at radius 2 is 1.45 bits per heavy atom. The predicted molar refractivity (Wildman–Crippen MR) is 84.9 cm³/mol. The Hall–Kier alpha value is -1.44. The van der Waals surface area contributed by atoms with Gasteiger partial charge in [-0.05, 0) is 32.3 Å². The minimum atomic E-state index is 0.258. The number of carbonyl (C=O) groups excluding carboxylic acids is 2. The molecule has 112 valence electrons. The van der Waals surface area contributed by atoms with E-state index in [1.54, 1.807) is 13.8 Å². The van der Waals surface area contributed by atoms with Crippen LogP contribution in [0.25, 0.3) is 0 Å². The molecule has 1 aromatic rings. The fraction of sp³-hybridized carbons (Fsp3) is 0.556. The number of unbranched alkanes of at least 4 members (excludes halogenated alkanes) is 3. The number of Topliss-reactive ketones (excluding diaryl/α,β-unsaturated/α-hetero) is 2. The molecule has 0 saturated heterocycles. The minimum absolute atomic E-state index is 0.258. The summed E-state index contributed by atoms with van der Waals surface area (Å²) in [5.41, 5.74) is 1.24. The average molecular weight is 276 g/mol. The minimum Gasteiger partial charge on any atom is -0.300 e. The lowest BCUT2D eigenvalue weighted by Crippen LogP contribution is -1.92. The highest BCUT2D eigenvalue weighted by Crippen LogP contribution is 2.02. The second kappa shape index (κ2) is 12.6. The fourth-order valence-electron chi connectivity index (χ4n) is 1.77. The molecule has 0 N–H and O–H groups in total. The van der Waals surface area contributed by atoms with Crippen molar-refractivity contribution in [3.63, 3.8) is 0 Å². The molecule has 20 heavy (non-hydrogen) atoms. The first kappa shape index (κ1) is 18.6. The molecule has 0 aliphatic heterocycles. The van der Waals surface area contributed by atoms with Gasteiger partial charge in [0.25, 0.3) is 0 Å². The Labute approximate surface area is 123 Å². The lowest BCUT2D eigenvalue weighted by Gasteiger charge is -1.96. The van der Waals surface area contributed by atoms with Gasteiger partial charge in [-0.2, -0.15) is 0 Å². The molecule has 1 aromatic carbocycles. The summed E-state index contributed by atoms with van der Waals surface area (Å²) in [5, 5.41) is 0. The van der Waals surface area contributed by atoms with E-state index in [4.69, 9.17) is 0 Å². The molecule has 0 atom stereocenters. The summed E-state index contributed by atoms with van der Waals surface area (Å²) < 4.78 is 0. The van der Waals surface area contributed by atoms with E-state index in [-0.39, 0.29) is 5.78 Å². The number of hydrogen-bond acceptors (Lipinski definition) is 2. The quantitative estimate of drug-likeness (QED) is 0.642. The Morgan fingerprint density at radius 1 is 0.850 bits per heavy atom. The van der Waals surface area contributed by atoms with Gasteiger partial charge in [-0.25, -0.2) is 0 Å². The summed E-state index contributed by atoms with van der Waals surface area (Å²) in [6.45, 7) is 5.46. The van der Waals surface area contributed by atoms with E-state index in [2.05, 4.69) is 6.92 Å². The molecule has 0 unspecified atom stereocenters. The highest BCUT2D eigenvalue weighted by molar-refractivity contribution is 5.75. The monoisotopic (exact) mass is 276 g/mol. The van der Waals surface area contributed by atoms with Crippen molar-refractivity contribution in [2.24, 2.45) is 0 Å². The number of aryl methyl sites for hydroxylation is 1. The normalized spacial score (nSPS) is 9.55. The molecule has 0 fully saturated rings. The Balaban J connectivity index is 0.000000370. The second-order valence-corrected chi connectivity index (χ2v) is 5.20. The highest BCUT2D eigenvalue weighted by Gasteiger charge is 1.94. The van der Waals surface area contributed by atoms with Gasteiger partial charge in [-0.3, -0.25) is 0 Å². The molecule has 1 rings (SSSR count). The van der Waals surface area contributed by atoms with Gasteiger partial charge >= 0.3 is 0 Å². The topological polar surface area (TPSA) is 34.1 Å². The number of rotatable bonds is 8. The second-order valence-electron chi connectivity index (χ2n) is 5.20. The first-order valence-corrected chi connectivity index (χ1v) is 7.59. The third kappa shape index (κ3) is 13.0. The van der Waals surface area contributed by atoms with E-state index in [9.17, 15) is 9.59 Å². The molecule has 0 bridgehead atoms. The Morgan fingerprint density at radius 3 is 1.95 bits per heavy atom. The van der Waals surface area contributed by atoms with Crippen molar-refractivity contribution < 1.29 is 9.59 Å². The molecule has 0 heterocycles. The molecule has 0 spiro atoms. The van der Waals surface area contributed by atoms with Gasteiger partial charge in [-0.15, -0.1) is 0 Å². The zero-order valence-corrected chi connectivity index (χ0v) is 13.2. The summed E-state index contributed by atoms with van der Waals surface area (Å²) in [7, 11) is 0. The van der Waals surface area contributed by atoms with Crippen molar-refractivity contribution >= 4 is 11.6 Å². The summed E-state index contributed by atoms with van der Waals surface area (Å²) in [6, 6.07) is 10.1. The lowest BCUT2D eigenvalue weighted by atomic mass is 10.1. The standard InChI is InChI=1S/C10H12O.C8H16O/c1-9(11)7-8-10-5-3-2-4-6-10;1-3-4-5-6-7-8(2)9/h2-6H,7-8H2,1H3;3-7H2,1-2H3. The maximum Gasteiger partial charge on any atom is 0.130 e. The van der Waals surface area contributed by atoms with Crippen LogP contribution in [0.5, 0.6) is 0 Å². The number of ketones is 2. The Kier molecular flexibility index (Phi) is 11.7. The van der Waals surface area contributed by atoms with Crippen molar-refractivity contribution in [3.8, 4) is 0 Å². The van der Waals surface area contributed by atoms with Crippen LogP contribution in [0, 0.1) is 0 Å². The predicted octanol–water partition coefficient (Wildman–Crippen LogP) is 4.75. The van der Waals surface area contributed by atoms with Crippen LogP contribution >= 0.6 is 0 Å².